The van der Waals surface area contributed by atoms with Crippen molar-refractivity contribution in [1.82, 2.24) is 9.80 Å². The second-order valence-electron chi connectivity index (χ2n) is 7.49. The van der Waals surface area contributed by atoms with Gasteiger partial charge in [-0.3, -0.25) is 9.69 Å². The predicted molar refractivity (Wildman–Crippen MR) is 99.6 cm³/mol. The van der Waals surface area contributed by atoms with Crippen LogP contribution in [-0.4, -0.2) is 61.5 Å². The highest BCUT2D eigenvalue weighted by atomic mass is 35.5. The number of carbonyl (C=O) groups is 1. The van der Waals surface area contributed by atoms with Gasteiger partial charge in [0, 0.05) is 50.0 Å². The number of halogens is 1. The molecule has 1 aromatic carbocycles. The number of benzene rings is 1. The number of nitrogens with zero attached hydrogens (tertiary/aromatic N) is 3. The average molecular weight is 350 g/mol. The summed E-state index contributed by atoms with van der Waals surface area (Å²) in [4.78, 5) is 19.3. The topological polar surface area (TPSA) is 26.8 Å². The monoisotopic (exact) mass is 349 g/mol. The molecule has 2 unspecified atom stereocenters. The molecule has 0 aromatic heterocycles. The maximum Gasteiger partial charge on any atom is 0.236 e. The van der Waals surface area contributed by atoms with Crippen LogP contribution in [0.2, 0.25) is 5.02 Å². The van der Waals surface area contributed by atoms with Crippen LogP contribution < -0.4 is 4.90 Å². The summed E-state index contributed by atoms with van der Waals surface area (Å²) in [6.45, 7) is 10.6. The van der Waals surface area contributed by atoms with Crippen molar-refractivity contribution >= 4 is 23.2 Å². The number of rotatable bonds is 3. The molecule has 2 fully saturated rings. The number of hydrogen-bond donors (Lipinski definition) is 0. The van der Waals surface area contributed by atoms with E-state index in [-0.39, 0.29) is 0 Å². The summed E-state index contributed by atoms with van der Waals surface area (Å²) in [5.41, 5.74) is 1.17. The molecule has 1 aromatic rings. The van der Waals surface area contributed by atoms with Gasteiger partial charge in [-0.05, 0) is 36.5 Å². The summed E-state index contributed by atoms with van der Waals surface area (Å²) in [5.74, 6) is 1.54. The first-order valence-electron chi connectivity index (χ1n) is 9.02. The van der Waals surface area contributed by atoms with E-state index in [0.29, 0.717) is 24.3 Å². The van der Waals surface area contributed by atoms with Crippen LogP contribution in [-0.2, 0) is 4.79 Å². The molecule has 4 nitrogen and oxygen atoms in total. The summed E-state index contributed by atoms with van der Waals surface area (Å²) in [5, 5.41) is 0.776. The normalized spacial score (nSPS) is 25.8. The molecule has 5 heteroatoms. The van der Waals surface area contributed by atoms with Crippen molar-refractivity contribution < 1.29 is 4.79 Å². The van der Waals surface area contributed by atoms with Crippen LogP contribution in [0.3, 0.4) is 0 Å². The second kappa shape index (κ2) is 7.75. The lowest BCUT2D eigenvalue weighted by Gasteiger charge is -2.39. The highest BCUT2D eigenvalue weighted by molar-refractivity contribution is 6.30. The molecular formula is C19H28ClN3O. The fraction of sp³-hybridized carbons (Fsp3) is 0.632. The number of carbonyl (C=O) groups excluding carboxylic acids is 1. The van der Waals surface area contributed by atoms with Crippen LogP contribution in [0, 0.1) is 11.8 Å². The van der Waals surface area contributed by atoms with Crippen LogP contribution in [0.5, 0.6) is 0 Å². The lowest BCUT2D eigenvalue weighted by Crippen LogP contribution is -2.52. The number of piperidine rings is 1. The fourth-order valence-corrected chi connectivity index (χ4v) is 4.18. The second-order valence-corrected chi connectivity index (χ2v) is 7.92. The Hall–Kier alpha value is -1.26. The largest absolute Gasteiger partial charge is 0.369 e. The molecule has 0 radical (unpaired) electrons. The van der Waals surface area contributed by atoms with E-state index in [4.69, 9.17) is 11.6 Å². The molecule has 2 aliphatic heterocycles. The Balaban J connectivity index is 1.49. The summed E-state index contributed by atoms with van der Waals surface area (Å²) in [7, 11) is 0. The van der Waals surface area contributed by atoms with Gasteiger partial charge in [-0.15, -0.1) is 0 Å². The van der Waals surface area contributed by atoms with Gasteiger partial charge in [0.2, 0.25) is 5.91 Å². The van der Waals surface area contributed by atoms with Crippen molar-refractivity contribution in [3.63, 3.8) is 0 Å². The fourth-order valence-electron chi connectivity index (χ4n) is 3.99. The molecule has 24 heavy (non-hydrogen) atoms. The zero-order chi connectivity index (χ0) is 17.1. The molecule has 0 aliphatic carbocycles. The van der Waals surface area contributed by atoms with E-state index in [2.05, 4.69) is 34.6 Å². The maximum absolute atomic E-state index is 12.6. The standard InChI is InChI=1S/C19H28ClN3O/c1-15-10-16(2)13-23(12-15)19(24)14-21-6-8-22(9-7-21)18-5-3-4-17(20)11-18/h3-5,11,15-16H,6-10,12-14H2,1-2H3. The molecule has 0 spiro atoms. The van der Waals surface area contributed by atoms with Crippen LogP contribution in [0.1, 0.15) is 20.3 Å². The van der Waals surface area contributed by atoms with E-state index < -0.39 is 0 Å². The third-order valence-corrected chi connectivity index (χ3v) is 5.36. The Kier molecular flexibility index (Phi) is 5.67. The Morgan fingerprint density at radius 1 is 1.12 bits per heavy atom. The quantitative estimate of drug-likeness (QED) is 0.839. The van der Waals surface area contributed by atoms with Gasteiger partial charge in [-0.2, -0.15) is 0 Å². The van der Waals surface area contributed by atoms with Gasteiger partial charge in [0.1, 0.15) is 0 Å². The zero-order valence-corrected chi connectivity index (χ0v) is 15.5. The molecule has 1 amide bonds. The summed E-state index contributed by atoms with van der Waals surface area (Å²) >= 11 is 6.08. The molecule has 2 heterocycles. The van der Waals surface area contributed by atoms with Crippen LogP contribution in [0.15, 0.2) is 24.3 Å². The highest BCUT2D eigenvalue weighted by Gasteiger charge is 2.27. The first-order chi connectivity index (χ1) is 11.5. The Bertz CT molecular complexity index is 561. The lowest BCUT2D eigenvalue weighted by atomic mass is 9.92. The molecule has 2 saturated heterocycles. The minimum atomic E-state index is 0.296. The van der Waals surface area contributed by atoms with Gasteiger partial charge in [0.25, 0.3) is 0 Å². The van der Waals surface area contributed by atoms with Crippen LogP contribution >= 0.6 is 11.6 Å². The third kappa shape index (κ3) is 4.42. The lowest BCUT2D eigenvalue weighted by molar-refractivity contribution is -0.135. The third-order valence-electron chi connectivity index (χ3n) is 5.13. The summed E-state index contributed by atoms with van der Waals surface area (Å²) in [6, 6.07) is 8.01. The van der Waals surface area contributed by atoms with Crippen molar-refractivity contribution in [3.05, 3.63) is 29.3 Å². The van der Waals surface area contributed by atoms with E-state index in [1.807, 2.05) is 18.2 Å². The van der Waals surface area contributed by atoms with Crippen molar-refractivity contribution in [1.29, 1.82) is 0 Å². The summed E-state index contributed by atoms with van der Waals surface area (Å²) in [6.07, 6.45) is 1.24. The van der Waals surface area contributed by atoms with E-state index >= 15 is 0 Å². The van der Waals surface area contributed by atoms with E-state index in [1.165, 1.54) is 12.1 Å². The molecule has 0 bridgehead atoms. The highest BCUT2D eigenvalue weighted by Crippen LogP contribution is 2.22. The van der Waals surface area contributed by atoms with Crippen molar-refractivity contribution in [3.8, 4) is 0 Å². The number of anilines is 1. The van der Waals surface area contributed by atoms with Crippen molar-refractivity contribution in [2.24, 2.45) is 11.8 Å². The molecule has 132 valence electrons. The van der Waals surface area contributed by atoms with Gasteiger partial charge < -0.3 is 9.80 Å². The predicted octanol–water partition coefficient (Wildman–Crippen LogP) is 2.97. The average Bonchev–Trinajstić information content (AvgIpc) is 2.54. The Labute approximate surface area is 150 Å². The Morgan fingerprint density at radius 3 is 2.42 bits per heavy atom. The molecule has 0 N–H and O–H groups in total. The first kappa shape index (κ1) is 17.6. The first-order valence-corrected chi connectivity index (χ1v) is 9.39. The molecule has 3 rings (SSSR count). The number of likely N-dealkylation sites (tertiary alicyclic amines) is 1. The van der Waals surface area contributed by atoms with Gasteiger partial charge in [-0.1, -0.05) is 31.5 Å². The molecule has 2 atom stereocenters. The van der Waals surface area contributed by atoms with Gasteiger partial charge in [-0.25, -0.2) is 0 Å². The van der Waals surface area contributed by atoms with E-state index in [1.54, 1.807) is 0 Å². The van der Waals surface area contributed by atoms with E-state index in [0.717, 1.165) is 44.3 Å². The van der Waals surface area contributed by atoms with Crippen molar-refractivity contribution in [2.45, 2.75) is 20.3 Å². The number of piperazine rings is 1. The smallest absolute Gasteiger partial charge is 0.236 e. The van der Waals surface area contributed by atoms with Gasteiger partial charge in [0.15, 0.2) is 0 Å². The minimum absolute atomic E-state index is 0.296. The number of hydrogen-bond acceptors (Lipinski definition) is 3. The number of amides is 1. The van der Waals surface area contributed by atoms with Gasteiger partial charge in [0.05, 0.1) is 6.54 Å². The SMILES string of the molecule is CC1CC(C)CN(C(=O)CN2CCN(c3cccc(Cl)c3)CC2)C1. The van der Waals surface area contributed by atoms with Crippen molar-refractivity contribution in [2.75, 3.05) is 50.7 Å². The zero-order valence-electron chi connectivity index (χ0n) is 14.7. The Morgan fingerprint density at radius 2 is 1.79 bits per heavy atom. The van der Waals surface area contributed by atoms with E-state index in [9.17, 15) is 4.79 Å². The molecular weight excluding hydrogens is 322 g/mol. The maximum atomic E-state index is 12.6. The van der Waals surface area contributed by atoms with Crippen LogP contribution in [0.25, 0.3) is 0 Å². The minimum Gasteiger partial charge on any atom is -0.369 e. The van der Waals surface area contributed by atoms with Gasteiger partial charge >= 0.3 is 0 Å². The molecule has 0 saturated carbocycles. The summed E-state index contributed by atoms with van der Waals surface area (Å²) < 4.78 is 0. The van der Waals surface area contributed by atoms with Crippen LogP contribution in [0.4, 0.5) is 5.69 Å². The molecule has 2 aliphatic rings.